The maximum atomic E-state index is 12.5. The van der Waals surface area contributed by atoms with Gasteiger partial charge in [-0.1, -0.05) is 24.3 Å². The number of nitrogens with one attached hydrogen (secondary N) is 2. The quantitative estimate of drug-likeness (QED) is 0.585. The first-order chi connectivity index (χ1) is 12.5. The van der Waals surface area contributed by atoms with Gasteiger partial charge in [0.05, 0.1) is 0 Å². The van der Waals surface area contributed by atoms with Crippen LogP contribution in [0.5, 0.6) is 5.75 Å². The number of methoxy groups -OCH3 is 1. The fourth-order valence-corrected chi connectivity index (χ4v) is 2.23. The molecule has 2 rings (SSSR count). The average Bonchev–Trinajstić information content (AvgIpc) is 2.61. The minimum Gasteiger partial charge on any atom is -0.427 e. The van der Waals surface area contributed by atoms with Crippen LogP contribution in [0.25, 0.3) is 0 Å². The predicted molar refractivity (Wildman–Crippen MR) is 95.9 cm³/mol. The summed E-state index contributed by atoms with van der Waals surface area (Å²) in [4.78, 5) is 35.1. The zero-order valence-corrected chi connectivity index (χ0v) is 14.6. The lowest BCUT2D eigenvalue weighted by Gasteiger charge is -2.12. The van der Waals surface area contributed by atoms with Gasteiger partial charge in [-0.3, -0.25) is 14.4 Å². The second-order valence-electron chi connectivity index (χ2n) is 5.44. The third-order valence-corrected chi connectivity index (χ3v) is 3.37. The Morgan fingerprint density at radius 2 is 1.81 bits per heavy atom. The van der Waals surface area contributed by atoms with Crippen LogP contribution in [0, 0.1) is 0 Å². The molecule has 0 unspecified atom stereocenters. The van der Waals surface area contributed by atoms with Gasteiger partial charge in [-0.15, -0.1) is 0 Å². The molecule has 2 amide bonds. The molecule has 0 saturated heterocycles. The van der Waals surface area contributed by atoms with E-state index >= 15 is 0 Å². The number of amides is 2. The third-order valence-electron chi connectivity index (χ3n) is 3.37. The van der Waals surface area contributed by atoms with Gasteiger partial charge in [0.2, 0.25) is 5.91 Å². The van der Waals surface area contributed by atoms with E-state index in [2.05, 4.69) is 10.6 Å². The largest absolute Gasteiger partial charge is 0.427 e. The van der Waals surface area contributed by atoms with E-state index in [-0.39, 0.29) is 25.0 Å². The first-order valence-electron chi connectivity index (χ1n) is 7.93. The molecule has 0 bridgehead atoms. The lowest BCUT2D eigenvalue weighted by atomic mass is 10.1. The highest BCUT2D eigenvalue weighted by Crippen LogP contribution is 2.18. The van der Waals surface area contributed by atoms with Crippen LogP contribution in [-0.2, 0) is 20.9 Å². The number of anilines is 1. The minimum atomic E-state index is -0.459. The van der Waals surface area contributed by atoms with Crippen LogP contribution in [0.2, 0.25) is 0 Å². The van der Waals surface area contributed by atoms with Crippen molar-refractivity contribution >= 4 is 23.5 Å². The van der Waals surface area contributed by atoms with Gasteiger partial charge in [-0.05, 0) is 29.8 Å². The Morgan fingerprint density at radius 1 is 1.04 bits per heavy atom. The Morgan fingerprint density at radius 3 is 2.54 bits per heavy atom. The number of carbonyl (C=O) groups is 3. The van der Waals surface area contributed by atoms with Crippen LogP contribution in [-0.4, -0.2) is 31.5 Å². The highest BCUT2D eigenvalue weighted by molar-refractivity contribution is 6.05. The predicted octanol–water partition coefficient (Wildman–Crippen LogP) is 2.13. The van der Waals surface area contributed by atoms with Crippen molar-refractivity contribution < 1.29 is 23.9 Å². The Balaban J connectivity index is 2.09. The van der Waals surface area contributed by atoms with Crippen LogP contribution in [0.3, 0.4) is 0 Å². The van der Waals surface area contributed by atoms with Crippen molar-refractivity contribution in [3.63, 3.8) is 0 Å². The monoisotopic (exact) mass is 356 g/mol. The van der Waals surface area contributed by atoms with E-state index < -0.39 is 5.97 Å². The van der Waals surface area contributed by atoms with Crippen LogP contribution in [0.15, 0.2) is 48.5 Å². The van der Waals surface area contributed by atoms with Gasteiger partial charge in [-0.25, -0.2) is 0 Å². The van der Waals surface area contributed by atoms with E-state index in [0.29, 0.717) is 17.0 Å². The van der Waals surface area contributed by atoms with E-state index in [1.54, 1.807) is 36.4 Å². The zero-order chi connectivity index (χ0) is 18.9. The van der Waals surface area contributed by atoms with Gasteiger partial charge >= 0.3 is 5.97 Å². The molecule has 0 aliphatic heterocycles. The smallest absolute Gasteiger partial charge is 0.308 e. The van der Waals surface area contributed by atoms with Gasteiger partial charge in [0.15, 0.2) is 0 Å². The maximum Gasteiger partial charge on any atom is 0.308 e. The summed E-state index contributed by atoms with van der Waals surface area (Å²) in [6.45, 7) is 1.52. The standard InChI is InChI=1S/C19H20N2O5/c1-13(22)26-16-8-5-7-14(10-16)19(24)21-17-9-4-3-6-15(17)11-20-18(23)12-25-2/h3-10H,11-12H2,1-2H3,(H,20,23)(H,21,24). The number of carbonyl (C=O) groups excluding carboxylic acids is 3. The van der Waals surface area contributed by atoms with E-state index in [0.717, 1.165) is 5.56 Å². The van der Waals surface area contributed by atoms with Crippen molar-refractivity contribution in [3.8, 4) is 5.75 Å². The topological polar surface area (TPSA) is 93.7 Å². The highest BCUT2D eigenvalue weighted by atomic mass is 16.5. The van der Waals surface area contributed by atoms with E-state index in [1.165, 1.54) is 20.1 Å². The Kier molecular flexibility index (Phi) is 6.87. The molecule has 26 heavy (non-hydrogen) atoms. The number of ether oxygens (including phenoxy) is 2. The summed E-state index contributed by atoms with van der Waals surface area (Å²) in [7, 11) is 1.44. The molecular weight excluding hydrogens is 336 g/mol. The number of benzene rings is 2. The molecule has 0 radical (unpaired) electrons. The average molecular weight is 356 g/mol. The summed E-state index contributed by atoms with van der Waals surface area (Å²) in [5, 5.41) is 5.51. The normalized spacial score (nSPS) is 10.1. The van der Waals surface area contributed by atoms with Crippen LogP contribution in [0.1, 0.15) is 22.8 Å². The lowest BCUT2D eigenvalue weighted by Crippen LogP contribution is -2.27. The molecule has 0 spiro atoms. The van der Waals surface area contributed by atoms with Gasteiger partial charge in [0, 0.05) is 31.8 Å². The van der Waals surface area contributed by atoms with Crippen LogP contribution < -0.4 is 15.4 Å². The minimum absolute atomic E-state index is 0.0303. The second kappa shape index (κ2) is 9.33. The number of esters is 1. The van der Waals surface area contributed by atoms with Crippen molar-refractivity contribution in [2.24, 2.45) is 0 Å². The van der Waals surface area contributed by atoms with Crippen molar-refractivity contribution in [1.82, 2.24) is 5.32 Å². The molecule has 2 N–H and O–H groups in total. The molecule has 0 aliphatic rings. The molecule has 136 valence electrons. The number of hydrogen-bond donors (Lipinski definition) is 2. The molecule has 2 aromatic rings. The summed E-state index contributed by atoms with van der Waals surface area (Å²) in [5.41, 5.74) is 1.68. The molecule has 7 nitrogen and oxygen atoms in total. The van der Waals surface area contributed by atoms with Gasteiger partial charge < -0.3 is 20.1 Å². The number of rotatable bonds is 7. The zero-order valence-electron chi connectivity index (χ0n) is 14.6. The highest BCUT2D eigenvalue weighted by Gasteiger charge is 2.11. The first kappa shape index (κ1) is 19.1. The number of para-hydroxylation sites is 1. The van der Waals surface area contributed by atoms with E-state index in [9.17, 15) is 14.4 Å². The van der Waals surface area contributed by atoms with Crippen molar-refractivity contribution in [1.29, 1.82) is 0 Å². The van der Waals surface area contributed by atoms with E-state index in [4.69, 9.17) is 9.47 Å². The Labute approximate surface area is 151 Å². The van der Waals surface area contributed by atoms with Crippen LogP contribution in [0.4, 0.5) is 5.69 Å². The number of hydrogen-bond acceptors (Lipinski definition) is 5. The Bertz CT molecular complexity index is 804. The first-order valence-corrected chi connectivity index (χ1v) is 7.93. The van der Waals surface area contributed by atoms with Crippen molar-refractivity contribution in [3.05, 3.63) is 59.7 Å². The Hall–Kier alpha value is -3.19. The molecule has 0 fully saturated rings. The summed E-state index contributed by atoms with van der Waals surface area (Å²) < 4.78 is 9.75. The third kappa shape index (κ3) is 5.71. The fraction of sp³-hybridized carbons (Fsp3) is 0.211. The fourth-order valence-electron chi connectivity index (χ4n) is 2.23. The lowest BCUT2D eigenvalue weighted by molar-refractivity contribution is -0.132. The maximum absolute atomic E-state index is 12.5. The summed E-state index contributed by atoms with van der Waals surface area (Å²) in [6, 6.07) is 13.5. The van der Waals surface area contributed by atoms with Gasteiger partial charge in [0.25, 0.3) is 5.91 Å². The van der Waals surface area contributed by atoms with E-state index in [1.807, 2.05) is 6.07 Å². The molecule has 0 heterocycles. The molecular formula is C19H20N2O5. The molecule has 7 heteroatoms. The van der Waals surface area contributed by atoms with Gasteiger partial charge in [-0.2, -0.15) is 0 Å². The van der Waals surface area contributed by atoms with Gasteiger partial charge in [0.1, 0.15) is 12.4 Å². The van der Waals surface area contributed by atoms with Crippen molar-refractivity contribution in [2.45, 2.75) is 13.5 Å². The van der Waals surface area contributed by atoms with Crippen molar-refractivity contribution in [2.75, 3.05) is 19.0 Å². The molecule has 2 aromatic carbocycles. The summed E-state index contributed by atoms with van der Waals surface area (Å²) >= 11 is 0. The SMILES string of the molecule is COCC(=O)NCc1ccccc1NC(=O)c1cccc(OC(C)=O)c1. The summed E-state index contributed by atoms with van der Waals surface area (Å²) in [6.07, 6.45) is 0. The van der Waals surface area contributed by atoms with Crippen LogP contribution >= 0.6 is 0 Å². The molecule has 0 saturated carbocycles. The summed E-state index contributed by atoms with van der Waals surface area (Å²) in [5.74, 6) is -0.762. The molecule has 0 aliphatic carbocycles. The molecule has 0 aromatic heterocycles. The molecule has 0 atom stereocenters. The second-order valence-corrected chi connectivity index (χ2v) is 5.44.